The van der Waals surface area contributed by atoms with E-state index < -0.39 is 8.67 Å². The standard InChI is InChI=1S/C6H14O.Al.3BrH/c1-5(2)7-6(3)4;;;;/h5-6H,1-4H3;;3*1H/q;+3;;;/p-3. The summed E-state index contributed by atoms with van der Waals surface area (Å²) >= 11 is 9.73. The molecule has 0 rings (SSSR count). The number of halogens is 3. The zero-order valence-electron chi connectivity index (χ0n) is 7.27. The molecule has 0 unspecified atom stereocenters. The van der Waals surface area contributed by atoms with Crippen molar-refractivity contribution in [2.24, 2.45) is 0 Å². The van der Waals surface area contributed by atoms with Crippen molar-refractivity contribution < 1.29 is 4.74 Å². The first-order valence-corrected chi connectivity index (χ1v) is 13.0. The smallest absolute Gasteiger partial charge is 0.376 e. The normalized spacial score (nSPS) is 9.55. The zero-order valence-corrected chi connectivity index (χ0v) is 13.2. The highest BCUT2D eigenvalue weighted by molar-refractivity contribution is 9.69. The van der Waals surface area contributed by atoms with Gasteiger partial charge in [0.15, 0.2) is 0 Å². The van der Waals surface area contributed by atoms with Crippen molar-refractivity contribution in [2.75, 3.05) is 0 Å². The lowest BCUT2D eigenvalue weighted by Crippen LogP contribution is -2.09. The topological polar surface area (TPSA) is 9.23 Å². The molecule has 0 saturated carbocycles. The number of hydrogen-bond acceptors (Lipinski definition) is 1. The van der Waals surface area contributed by atoms with Gasteiger partial charge < -0.3 is 4.74 Å². The van der Waals surface area contributed by atoms with E-state index in [1.807, 2.05) is 27.7 Å². The SMILES string of the molecule is CC(C)OC(C)C.[Br][Al]([Br])[Br]. The first-order chi connectivity index (χ1) is 4.86. The molecule has 0 N–H and O–H groups in total. The minimum atomic E-state index is -0.701. The third kappa shape index (κ3) is 33.4. The summed E-state index contributed by atoms with van der Waals surface area (Å²) in [7, 11) is -0.701. The first-order valence-electron chi connectivity index (χ1n) is 3.44. The van der Waals surface area contributed by atoms with Crippen molar-refractivity contribution in [3.8, 4) is 0 Å². The second-order valence-electron chi connectivity index (χ2n) is 2.48. The highest BCUT2D eigenvalue weighted by atomic mass is 80.0. The van der Waals surface area contributed by atoms with Crippen LogP contribution in [-0.2, 0) is 4.74 Å². The lowest BCUT2D eigenvalue weighted by Gasteiger charge is -2.09. The lowest BCUT2D eigenvalue weighted by molar-refractivity contribution is 0.0300. The molecule has 0 bridgehead atoms. The van der Waals surface area contributed by atoms with Crippen LogP contribution in [0, 0.1) is 0 Å². The Morgan fingerprint density at radius 1 is 0.909 bits per heavy atom. The van der Waals surface area contributed by atoms with Crippen LogP contribution in [0.2, 0.25) is 0 Å². The molecule has 0 aliphatic heterocycles. The predicted molar refractivity (Wildman–Crippen MR) is 63.9 cm³/mol. The van der Waals surface area contributed by atoms with Gasteiger partial charge >= 0.3 is 8.67 Å². The van der Waals surface area contributed by atoms with Crippen LogP contribution in [0.1, 0.15) is 27.7 Å². The molecule has 68 valence electrons. The number of rotatable bonds is 2. The Labute approximate surface area is 94.6 Å². The molecular weight excluding hydrogens is 355 g/mol. The Kier molecular flexibility index (Phi) is 14.0. The monoisotopic (exact) mass is 366 g/mol. The van der Waals surface area contributed by atoms with Crippen LogP contribution in [0.5, 0.6) is 0 Å². The van der Waals surface area contributed by atoms with Crippen molar-refractivity contribution in [2.45, 2.75) is 39.9 Å². The van der Waals surface area contributed by atoms with E-state index in [9.17, 15) is 0 Å². The van der Waals surface area contributed by atoms with Gasteiger partial charge in [0.1, 0.15) is 0 Å². The molecule has 0 aromatic heterocycles. The Balaban J connectivity index is 0. The molecule has 0 radical (unpaired) electrons. The van der Waals surface area contributed by atoms with E-state index >= 15 is 0 Å². The molecule has 11 heavy (non-hydrogen) atoms. The Morgan fingerprint density at radius 3 is 1.09 bits per heavy atom. The molecule has 0 atom stereocenters. The molecule has 0 fully saturated rings. The summed E-state index contributed by atoms with van der Waals surface area (Å²) in [5.74, 6) is 0. The van der Waals surface area contributed by atoms with Crippen molar-refractivity contribution in [3.63, 3.8) is 0 Å². The van der Waals surface area contributed by atoms with E-state index in [-0.39, 0.29) is 0 Å². The Hall–Kier alpha value is 1.93. The number of ether oxygens (including phenoxy) is 1. The molecule has 0 saturated heterocycles. The Morgan fingerprint density at radius 2 is 1.09 bits per heavy atom. The maximum Gasteiger partial charge on any atom is 0.542 e. The van der Waals surface area contributed by atoms with E-state index in [1.54, 1.807) is 0 Å². The summed E-state index contributed by atoms with van der Waals surface area (Å²) in [6.45, 7) is 8.17. The summed E-state index contributed by atoms with van der Waals surface area (Å²) < 4.78 is 5.25. The van der Waals surface area contributed by atoms with Crippen LogP contribution in [0.3, 0.4) is 0 Å². The van der Waals surface area contributed by atoms with Crippen LogP contribution in [0.25, 0.3) is 0 Å². The quantitative estimate of drug-likeness (QED) is 0.670. The molecule has 0 aliphatic rings. The molecule has 0 aromatic carbocycles. The third-order valence-electron chi connectivity index (χ3n) is 0.544. The summed E-state index contributed by atoms with van der Waals surface area (Å²) in [5.41, 5.74) is 0. The van der Waals surface area contributed by atoms with Gasteiger partial charge in [0.25, 0.3) is 0 Å². The third-order valence-corrected chi connectivity index (χ3v) is 0.544. The second kappa shape index (κ2) is 10.0. The van der Waals surface area contributed by atoms with Crippen LogP contribution in [0.15, 0.2) is 0 Å². The summed E-state index contributed by atoms with van der Waals surface area (Å²) in [6.07, 6.45) is 0.750. The van der Waals surface area contributed by atoms with Gasteiger partial charge in [-0.3, -0.25) is 0 Å². The molecular formula is C6H14AlBr3O. The summed E-state index contributed by atoms with van der Waals surface area (Å²) in [4.78, 5) is 0. The van der Waals surface area contributed by atoms with Gasteiger partial charge in [0.2, 0.25) is 0 Å². The van der Waals surface area contributed by atoms with Crippen LogP contribution in [0.4, 0.5) is 0 Å². The van der Waals surface area contributed by atoms with Gasteiger partial charge in [0.05, 0.1) is 12.2 Å². The molecule has 0 heterocycles. The van der Waals surface area contributed by atoms with Gasteiger partial charge in [-0.15, -0.1) is 0 Å². The van der Waals surface area contributed by atoms with Crippen molar-refractivity contribution in [1.82, 2.24) is 0 Å². The fourth-order valence-electron chi connectivity index (χ4n) is 0.544. The molecule has 0 amide bonds. The minimum absolute atomic E-state index is 0.375. The van der Waals surface area contributed by atoms with E-state index in [0.717, 1.165) is 0 Å². The second-order valence-corrected chi connectivity index (χ2v) is 22.3. The maximum absolute atomic E-state index is 5.25. The molecule has 5 heteroatoms. The molecule has 0 spiro atoms. The fraction of sp³-hybridized carbons (Fsp3) is 1.00. The lowest BCUT2D eigenvalue weighted by atomic mass is 10.4. The van der Waals surface area contributed by atoms with Crippen LogP contribution >= 0.6 is 42.2 Å². The van der Waals surface area contributed by atoms with Gasteiger partial charge in [0, 0.05) is 0 Å². The summed E-state index contributed by atoms with van der Waals surface area (Å²) in [6, 6.07) is 0. The van der Waals surface area contributed by atoms with Crippen molar-refractivity contribution >= 4 is 50.8 Å². The van der Waals surface area contributed by atoms with E-state index in [0.29, 0.717) is 12.2 Å². The fourth-order valence-corrected chi connectivity index (χ4v) is 0.544. The van der Waals surface area contributed by atoms with Gasteiger partial charge in [-0.1, -0.05) is 0 Å². The number of hydrogen-bond donors (Lipinski definition) is 0. The van der Waals surface area contributed by atoms with Gasteiger partial charge in [-0.05, 0) is 27.7 Å². The first kappa shape index (κ1) is 15.4. The minimum Gasteiger partial charge on any atom is -0.376 e. The van der Waals surface area contributed by atoms with Crippen LogP contribution in [-0.4, -0.2) is 20.9 Å². The van der Waals surface area contributed by atoms with E-state index in [2.05, 4.69) is 42.2 Å². The van der Waals surface area contributed by atoms with Crippen LogP contribution < -0.4 is 0 Å². The maximum atomic E-state index is 5.25. The van der Waals surface area contributed by atoms with E-state index in [1.165, 1.54) is 0 Å². The van der Waals surface area contributed by atoms with Crippen molar-refractivity contribution in [1.29, 1.82) is 0 Å². The van der Waals surface area contributed by atoms with Crippen molar-refractivity contribution in [3.05, 3.63) is 0 Å². The molecule has 0 aliphatic carbocycles. The van der Waals surface area contributed by atoms with E-state index in [4.69, 9.17) is 4.74 Å². The molecule has 1 nitrogen and oxygen atoms in total. The predicted octanol–water partition coefficient (Wildman–Crippen LogP) is 3.98. The highest BCUT2D eigenvalue weighted by Gasteiger charge is 1.95. The Bertz CT molecular complexity index is 69.5. The largest absolute Gasteiger partial charge is 0.542 e. The summed E-state index contributed by atoms with van der Waals surface area (Å²) in [5, 5.41) is 0. The molecule has 0 aromatic rings. The zero-order chi connectivity index (χ0) is 9.44. The average molecular weight is 369 g/mol. The highest BCUT2D eigenvalue weighted by Crippen LogP contribution is 2.07. The average Bonchev–Trinajstić information content (AvgIpc) is 1.56. The van der Waals surface area contributed by atoms with Gasteiger partial charge in [-0.2, -0.15) is 42.2 Å². The van der Waals surface area contributed by atoms with Gasteiger partial charge in [-0.25, -0.2) is 0 Å².